The molecule has 0 aliphatic carbocycles. The van der Waals surface area contributed by atoms with Gasteiger partial charge in [0.1, 0.15) is 11.8 Å². The molecule has 1 aromatic heterocycles. The lowest BCUT2D eigenvalue weighted by atomic mass is 10.0. The van der Waals surface area contributed by atoms with Gasteiger partial charge in [-0.2, -0.15) is 0 Å². The van der Waals surface area contributed by atoms with Crippen molar-refractivity contribution in [3.8, 4) is 5.75 Å². The summed E-state index contributed by atoms with van der Waals surface area (Å²) in [6, 6.07) is 18.6. The smallest absolute Gasteiger partial charge is 0.247 e. The molecule has 1 fully saturated rings. The van der Waals surface area contributed by atoms with Gasteiger partial charge in [0.25, 0.3) is 0 Å². The van der Waals surface area contributed by atoms with E-state index in [0.717, 1.165) is 40.2 Å². The number of rotatable bonds is 10. The van der Waals surface area contributed by atoms with Crippen LogP contribution in [0.25, 0.3) is 0 Å². The van der Waals surface area contributed by atoms with E-state index in [4.69, 9.17) is 9.47 Å². The van der Waals surface area contributed by atoms with Gasteiger partial charge in [0.2, 0.25) is 11.8 Å². The lowest BCUT2D eigenvalue weighted by Crippen LogP contribution is -2.47. The summed E-state index contributed by atoms with van der Waals surface area (Å²) in [5.74, 6) is 0.481. The molecule has 184 valence electrons. The summed E-state index contributed by atoms with van der Waals surface area (Å²) in [6.45, 7) is 3.45. The van der Waals surface area contributed by atoms with Crippen molar-refractivity contribution in [3.05, 3.63) is 87.6 Å². The Morgan fingerprint density at radius 3 is 2.54 bits per heavy atom. The minimum absolute atomic E-state index is 0.0652. The molecule has 0 saturated carbocycles. The molecule has 2 atom stereocenters. The Morgan fingerprint density at radius 2 is 1.91 bits per heavy atom. The maximum absolute atomic E-state index is 13.7. The summed E-state index contributed by atoms with van der Waals surface area (Å²) in [7, 11) is 1.62. The second-order valence-corrected chi connectivity index (χ2v) is 9.85. The van der Waals surface area contributed by atoms with E-state index < -0.39 is 6.04 Å². The molecule has 7 heteroatoms. The Hall–Kier alpha value is -3.16. The van der Waals surface area contributed by atoms with E-state index in [1.807, 2.05) is 73.0 Å². The van der Waals surface area contributed by atoms with Gasteiger partial charge in [-0.05, 0) is 54.5 Å². The molecule has 1 aliphatic rings. The summed E-state index contributed by atoms with van der Waals surface area (Å²) >= 11 is 1.55. The Kier molecular flexibility index (Phi) is 8.55. The van der Waals surface area contributed by atoms with Gasteiger partial charge in [0.15, 0.2) is 0 Å². The van der Waals surface area contributed by atoms with Crippen molar-refractivity contribution < 1.29 is 19.1 Å². The van der Waals surface area contributed by atoms with Crippen LogP contribution >= 0.6 is 11.3 Å². The second-order valence-electron chi connectivity index (χ2n) is 8.82. The maximum Gasteiger partial charge on any atom is 0.247 e. The fourth-order valence-electron chi connectivity index (χ4n) is 4.27. The van der Waals surface area contributed by atoms with Gasteiger partial charge >= 0.3 is 0 Å². The number of nitrogens with zero attached hydrogens (tertiary/aromatic N) is 1. The first kappa shape index (κ1) is 24.9. The summed E-state index contributed by atoms with van der Waals surface area (Å²) < 4.78 is 11.1. The van der Waals surface area contributed by atoms with Crippen molar-refractivity contribution in [2.24, 2.45) is 0 Å². The molecule has 0 spiro atoms. The van der Waals surface area contributed by atoms with Crippen molar-refractivity contribution >= 4 is 23.2 Å². The van der Waals surface area contributed by atoms with Crippen LogP contribution in [-0.4, -0.2) is 43.1 Å². The molecular weight excluding hydrogens is 460 g/mol. The standard InChI is InChI=1S/C28H32N2O4S/c1-20-7-11-22(12-8-20)27(28(32)29-18-21-9-13-23(33-2)14-10-21)30(19-24-5-3-15-34-24)26(31)17-25-6-4-16-35-25/h4,6-14,16,24,27H,3,5,15,17-19H2,1-2H3,(H,29,32)/t24-,27+/m1/s1. The number of aryl methyl sites for hydroxylation is 1. The number of carbonyl (C=O) groups is 2. The normalized spacial score (nSPS) is 16.0. The number of amides is 2. The highest BCUT2D eigenvalue weighted by atomic mass is 32.1. The van der Waals surface area contributed by atoms with Crippen LogP contribution < -0.4 is 10.1 Å². The summed E-state index contributed by atoms with van der Waals surface area (Å²) in [4.78, 5) is 30.0. The highest BCUT2D eigenvalue weighted by molar-refractivity contribution is 7.10. The lowest BCUT2D eigenvalue weighted by molar-refractivity contribution is -0.142. The van der Waals surface area contributed by atoms with Crippen LogP contribution in [0.2, 0.25) is 0 Å². The second kappa shape index (κ2) is 12.0. The van der Waals surface area contributed by atoms with E-state index >= 15 is 0 Å². The van der Waals surface area contributed by atoms with Crippen LogP contribution in [0.3, 0.4) is 0 Å². The van der Waals surface area contributed by atoms with E-state index in [-0.39, 0.29) is 24.3 Å². The summed E-state index contributed by atoms with van der Waals surface area (Å²) in [5.41, 5.74) is 2.85. The van der Waals surface area contributed by atoms with Gasteiger partial charge in [0, 0.05) is 24.6 Å². The van der Waals surface area contributed by atoms with E-state index in [9.17, 15) is 9.59 Å². The first-order valence-corrected chi connectivity index (χ1v) is 12.8. The molecule has 0 radical (unpaired) electrons. The molecule has 0 unspecified atom stereocenters. The van der Waals surface area contributed by atoms with Crippen LogP contribution in [-0.2, 0) is 27.3 Å². The van der Waals surface area contributed by atoms with Crippen LogP contribution in [0.5, 0.6) is 5.75 Å². The van der Waals surface area contributed by atoms with Gasteiger partial charge < -0.3 is 19.7 Å². The number of benzene rings is 2. The molecule has 2 aromatic carbocycles. The van der Waals surface area contributed by atoms with Gasteiger partial charge in [-0.15, -0.1) is 11.3 Å². The Bertz CT molecular complexity index is 1090. The van der Waals surface area contributed by atoms with Gasteiger partial charge in [-0.3, -0.25) is 9.59 Å². The molecule has 0 bridgehead atoms. The molecule has 4 rings (SSSR count). The van der Waals surface area contributed by atoms with Crippen LogP contribution in [0.1, 0.15) is 40.5 Å². The molecule has 35 heavy (non-hydrogen) atoms. The molecule has 3 aromatic rings. The number of hydrogen-bond donors (Lipinski definition) is 1. The zero-order chi connectivity index (χ0) is 24.6. The number of methoxy groups -OCH3 is 1. The van der Waals surface area contributed by atoms with Crippen molar-refractivity contribution in [1.29, 1.82) is 0 Å². The average molecular weight is 493 g/mol. The topological polar surface area (TPSA) is 67.9 Å². The van der Waals surface area contributed by atoms with E-state index in [2.05, 4.69) is 5.32 Å². The fraction of sp³-hybridized carbons (Fsp3) is 0.357. The SMILES string of the molecule is COc1ccc(CNC(=O)[C@H](c2ccc(C)cc2)N(C[C@H]2CCCO2)C(=O)Cc2cccs2)cc1. The monoisotopic (exact) mass is 492 g/mol. The average Bonchev–Trinajstić information content (AvgIpc) is 3.58. The van der Waals surface area contributed by atoms with E-state index in [1.165, 1.54) is 0 Å². The fourth-order valence-corrected chi connectivity index (χ4v) is 4.97. The minimum atomic E-state index is -0.745. The van der Waals surface area contributed by atoms with Crippen molar-refractivity contribution in [2.45, 2.75) is 44.9 Å². The molecule has 2 heterocycles. The van der Waals surface area contributed by atoms with Crippen molar-refractivity contribution in [3.63, 3.8) is 0 Å². The number of ether oxygens (including phenoxy) is 2. The molecule has 1 saturated heterocycles. The highest BCUT2D eigenvalue weighted by Crippen LogP contribution is 2.26. The van der Waals surface area contributed by atoms with Crippen molar-refractivity contribution in [2.75, 3.05) is 20.3 Å². The number of nitrogens with one attached hydrogen (secondary N) is 1. The lowest BCUT2D eigenvalue weighted by Gasteiger charge is -2.33. The first-order chi connectivity index (χ1) is 17.0. The van der Waals surface area contributed by atoms with Gasteiger partial charge in [-0.1, -0.05) is 48.0 Å². The van der Waals surface area contributed by atoms with Crippen LogP contribution in [0, 0.1) is 6.92 Å². The molecule has 6 nitrogen and oxygen atoms in total. The largest absolute Gasteiger partial charge is 0.497 e. The number of carbonyl (C=O) groups excluding carboxylic acids is 2. The zero-order valence-electron chi connectivity index (χ0n) is 20.2. The molecular formula is C28H32N2O4S. The zero-order valence-corrected chi connectivity index (χ0v) is 21.1. The van der Waals surface area contributed by atoms with Gasteiger partial charge in [0.05, 0.1) is 19.6 Å². The molecule has 1 aliphatic heterocycles. The molecule has 2 amide bonds. The van der Waals surface area contributed by atoms with Crippen LogP contribution in [0.15, 0.2) is 66.0 Å². The Balaban J connectivity index is 1.60. The first-order valence-electron chi connectivity index (χ1n) is 11.9. The maximum atomic E-state index is 13.7. The number of thiophene rings is 1. The predicted molar refractivity (Wildman–Crippen MR) is 137 cm³/mol. The van der Waals surface area contributed by atoms with Crippen molar-refractivity contribution in [1.82, 2.24) is 10.2 Å². The Labute approximate surface area is 210 Å². The summed E-state index contributed by atoms with van der Waals surface area (Å²) in [5, 5.41) is 5.02. The minimum Gasteiger partial charge on any atom is -0.497 e. The predicted octanol–water partition coefficient (Wildman–Crippen LogP) is 4.67. The summed E-state index contributed by atoms with van der Waals surface area (Å²) in [6.07, 6.45) is 2.05. The number of hydrogen-bond acceptors (Lipinski definition) is 5. The van der Waals surface area contributed by atoms with Gasteiger partial charge in [-0.25, -0.2) is 0 Å². The Morgan fingerprint density at radius 1 is 1.14 bits per heavy atom. The third kappa shape index (κ3) is 6.71. The van der Waals surface area contributed by atoms with Crippen LogP contribution in [0.4, 0.5) is 0 Å². The highest BCUT2D eigenvalue weighted by Gasteiger charge is 2.34. The third-order valence-electron chi connectivity index (χ3n) is 6.23. The van der Waals surface area contributed by atoms with E-state index in [0.29, 0.717) is 19.7 Å². The third-order valence-corrected chi connectivity index (χ3v) is 7.11. The molecule has 1 N–H and O–H groups in total. The van der Waals surface area contributed by atoms with E-state index in [1.54, 1.807) is 23.3 Å². The quantitative estimate of drug-likeness (QED) is 0.447.